The number of hydrogen-bond donors (Lipinski definition) is 2. The van der Waals surface area contributed by atoms with Crippen LogP contribution in [0.5, 0.6) is 0 Å². The first-order valence-corrected chi connectivity index (χ1v) is 7.32. The number of hydrogen-bond acceptors (Lipinski definition) is 2. The Hall–Kier alpha value is -2.30. The Balaban J connectivity index is 2.09. The van der Waals surface area contributed by atoms with Crippen molar-refractivity contribution in [2.75, 3.05) is 6.54 Å². The minimum absolute atomic E-state index is 0.492. The van der Waals surface area contributed by atoms with Crippen molar-refractivity contribution in [3.63, 3.8) is 0 Å². The van der Waals surface area contributed by atoms with Gasteiger partial charge in [-0.2, -0.15) is 5.10 Å². The van der Waals surface area contributed by atoms with Gasteiger partial charge in [0.15, 0.2) is 5.96 Å². The van der Waals surface area contributed by atoms with Gasteiger partial charge >= 0.3 is 0 Å². The zero-order valence-corrected chi connectivity index (χ0v) is 12.7. The van der Waals surface area contributed by atoms with E-state index in [1.54, 1.807) is 0 Å². The van der Waals surface area contributed by atoms with Crippen LogP contribution in [0, 0.1) is 0 Å². The Morgan fingerprint density at radius 1 is 1.33 bits per heavy atom. The van der Waals surface area contributed by atoms with Gasteiger partial charge in [-0.25, -0.2) is 4.99 Å². The highest BCUT2D eigenvalue weighted by Crippen LogP contribution is 2.21. The molecule has 112 valence electrons. The topological polar surface area (TPSA) is 68.2 Å². The van der Waals surface area contributed by atoms with Crippen LogP contribution in [0.3, 0.4) is 0 Å². The fourth-order valence-corrected chi connectivity index (χ4v) is 2.11. The van der Waals surface area contributed by atoms with E-state index in [9.17, 15) is 0 Å². The first kappa shape index (κ1) is 15.1. The lowest BCUT2D eigenvalue weighted by molar-refractivity contribution is 0.748. The van der Waals surface area contributed by atoms with E-state index < -0.39 is 0 Å². The van der Waals surface area contributed by atoms with Crippen LogP contribution in [-0.2, 0) is 13.6 Å². The summed E-state index contributed by atoms with van der Waals surface area (Å²) in [5.74, 6) is 0.492. The highest BCUT2D eigenvalue weighted by atomic mass is 15.3. The van der Waals surface area contributed by atoms with Crippen LogP contribution in [0.1, 0.15) is 25.3 Å². The van der Waals surface area contributed by atoms with Crippen LogP contribution >= 0.6 is 0 Å². The summed E-state index contributed by atoms with van der Waals surface area (Å²) in [6.07, 6.45) is 4.23. The van der Waals surface area contributed by atoms with Crippen molar-refractivity contribution in [1.29, 1.82) is 0 Å². The summed E-state index contributed by atoms with van der Waals surface area (Å²) >= 11 is 0. The maximum atomic E-state index is 5.87. The van der Waals surface area contributed by atoms with E-state index in [0.717, 1.165) is 36.2 Å². The number of aryl methyl sites for hydroxylation is 1. The second-order valence-corrected chi connectivity index (χ2v) is 5.02. The van der Waals surface area contributed by atoms with Gasteiger partial charge < -0.3 is 11.1 Å². The Morgan fingerprint density at radius 3 is 2.81 bits per heavy atom. The molecule has 5 nitrogen and oxygen atoms in total. The zero-order chi connectivity index (χ0) is 15.1. The van der Waals surface area contributed by atoms with Crippen LogP contribution in [-0.4, -0.2) is 22.3 Å². The molecule has 0 saturated carbocycles. The van der Waals surface area contributed by atoms with Gasteiger partial charge in [0, 0.05) is 30.9 Å². The van der Waals surface area contributed by atoms with Crippen LogP contribution in [0.15, 0.2) is 41.5 Å². The predicted octanol–water partition coefficient (Wildman–Crippen LogP) is 2.29. The molecule has 1 heterocycles. The fraction of sp³-hybridized carbons (Fsp3) is 0.375. The van der Waals surface area contributed by atoms with Crippen molar-refractivity contribution in [2.24, 2.45) is 17.8 Å². The van der Waals surface area contributed by atoms with Gasteiger partial charge in [-0.3, -0.25) is 4.68 Å². The van der Waals surface area contributed by atoms with E-state index in [-0.39, 0.29) is 0 Å². The molecule has 0 radical (unpaired) electrons. The molecule has 0 aliphatic rings. The van der Waals surface area contributed by atoms with Crippen molar-refractivity contribution in [2.45, 2.75) is 26.3 Å². The highest BCUT2D eigenvalue weighted by molar-refractivity contribution is 5.78. The number of aromatic nitrogens is 2. The summed E-state index contributed by atoms with van der Waals surface area (Å²) in [6.45, 7) is 3.55. The average molecular weight is 285 g/mol. The first-order chi connectivity index (χ1) is 10.2. The molecule has 0 spiro atoms. The lowest BCUT2D eigenvalue weighted by Crippen LogP contribution is -2.32. The predicted molar refractivity (Wildman–Crippen MR) is 86.9 cm³/mol. The van der Waals surface area contributed by atoms with Gasteiger partial charge in [-0.15, -0.1) is 0 Å². The van der Waals surface area contributed by atoms with Crippen molar-refractivity contribution < 1.29 is 0 Å². The van der Waals surface area contributed by atoms with Gasteiger partial charge in [0.05, 0.1) is 12.2 Å². The Labute approximate surface area is 125 Å². The first-order valence-electron chi connectivity index (χ1n) is 7.32. The summed E-state index contributed by atoms with van der Waals surface area (Å²) in [6, 6.07) is 10.1. The lowest BCUT2D eigenvalue weighted by atomic mass is 10.1. The summed E-state index contributed by atoms with van der Waals surface area (Å²) in [5.41, 5.74) is 9.00. The summed E-state index contributed by atoms with van der Waals surface area (Å²) in [7, 11) is 1.92. The fourth-order valence-electron chi connectivity index (χ4n) is 2.11. The molecule has 0 amide bonds. The summed E-state index contributed by atoms with van der Waals surface area (Å²) in [5, 5.41) is 7.64. The molecule has 0 saturated heterocycles. The Kier molecular flexibility index (Phi) is 5.37. The van der Waals surface area contributed by atoms with Gasteiger partial charge in [-0.1, -0.05) is 43.7 Å². The van der Waals surface area contributed by atoms with E-state index in [0.29, 0.717) is 12.5 Å². The summed E-state index contributed by atoms with van der Waals surface area (Å²) < 4.78 is 1.81. The van der Waals surface area contributed by atoms with Crippen molar-refractivity contribution in [1.82, 2.24) is 15.1 Å². The standard InChI is InChI=1S/C16H23N5/c1-3-4-10-18-16(17)19-11-14-12-21(2)20-15(14)13-8-6-5-7-9-13/h5-9,12H,3-4,10-11H2,1-2H3,(H3,17,18,19). The van der Waals surface area contributed by atoms with Crippen LogP contribution in [0.25, 0.3) is 11.3 Å². The number of unbranched alkanes of at least 4 members (excludes halogenated alkanes) is 1. The number of guanidine groups is 1. The molecule has 0 aliphatic carbocycles. The number of rotatable bonds is 6. The number of nitrogens with one attached hydrogen (secondary N) is 1. The number of nitrogens with two attached hydrogens (primary N) is 1. The minimum atomic E-state index is 0.492. The molecule has 0 fully saturated rings. The summed E-state index contributed by atoms with van der Waals surface area (Å²) in [4.78, 5) is 4.40. The molecular weight excluding hydrogens is 262 g/mol. The monoisotopic (exact) mass is 285 g/mol. The van der Waals surface area contributed by atoms with Crippen molar-refractivity contribution >= 4 is 5.96 Å². The second kappa shape index (κ2) is 7.47. The Morgan fingerprint density at radius 2 is 2.10 bits per heavy atom. The maximum Gasteiger partial charge on any atom is 0.188 e. The van der Waals surface area contributed by atoms with E-state index in [4.69, 9.17) is 5.73 Å². The quantitative estimate of drug-likeness (QED) is 0.486. The number of nitrogens with zero attached hydrogens (tertiary/aromatic N) is 3. The van der Waals surface area contributed by atoms with Gasteiger partial charge in [0.1, 0.15) is 0 Å². The molecule has 2 aromatic rings. The molecular formula is C16H23N5. The van der Waals surface area contributed by atoms with Crippen molar-refractivity contribution in [3.8, 4) is 11.3 Å². The molecule has 0 aliphatic heterocycles. The van der Waals surface area contributed by atoms with Crippen LogP contribution in [0.4, 0.5) is 0 Å². The van der Waals surface area contributed by atoms with Gasteiger partial charge in [0.2, 0.25) is 0 Å². The molecule has 1 aromatic carbocycles. The molecule has 0 atom stereocenters. The normalized spacial score (nSPS) is 11.6. The van der Waals surface area contributed by atoms with Gasteiger partial charge in [0.25, 0.3) is 0 Å². The molecule has 21 heavy (non-hydrogen) atoms. The third kappa shape index (κ3) is 4.34. The molecule has 5 heteroatoms. The highest BCUT2D eigenvalue weighted by Gasteiger charge is 2.09. The minimum Gasteiger partial charge on any atom is -0.370 e. The molecule has 0 bridgehead atoms. The Bertz CT molecular complexity index is 586. The largest absolute Gasteiger partial charge is 0.370 e. The average Bonchev–Trinajstić information content (AvgIpc) is 2.87. The maximum absolute atomic E-state index is 5.87. The number of benzene rings is 1. The number of aliphatic imine (C=N–C) groups is 1. The van der Waals surface area contributed by atoms with E-state index >= 15 is 0 Å². The van der Waals surface area contributed by atoms with Gasteiger partial charge in [-0.05, 0) is 6.42 Å². The zero-order valence-electron chi connectivity index (χ0n) is 12.7. The third-order valence-corrected chi connectivity index (χ3v) is 3.21. The van der Waals surface area contributed by atoms with E-state index in [1.165, 1.54) is 0 Å². The second-order valence-electron chi connectivity index (χ2n) is 5.02. The smallest absolute Gasteiger partial charge is 0.188 e. The molecule has 3 N–H and O–H groups in total. The lowest BCUT2D eigenvalue weighted by Gasteiger charge is -2.04. The van der Waals surface area contributed by atoms with Crippen LogP contribution < -0.4 is 11.1 Å². The molecule has 1 aromatic heterocycles. The van der Waals surface area contributed by atoms with Crippen molar-refractivity contribution in [3.05, 3.63) is 42.1 Å². The van der Waals surface area contributed by atoms with E-state index in [1.807, 2.05) is 36.1 Å². The SMILES string of the molecule is CCCCNC(N)=NCc1cn(C)nc1-c1ccccc1. The van der Waals surface area contributed by atoms with E-state index in [2.05, 4.69) is 34.5 Å². The van der Waals surface area contributed by atoms with Crippen LogP contribution in [0.2, 0.25) is 0 Å². The molecule has 0 unspecified atom stereocenters. The molecule has 2 rings (SSSR count). The third-order valence-electron chi connectivity index (χ3n) is 3.21.